The molecule has 1 aliphatic carbocycles. The Morgan fingerprint density at radius 1 is 1.26 bits per heavy atom. The monoisotopic (exact) mass is 334 g/mol. The maximum Gasteiger partial charge on any atom is 0.241 e. The van der Waals surface area contributed by atoms with Crippen molar-refractivity contribution in [1.82, 2.24) is 4.72 Å². The number of nitrogens with one attached hydrogen (secondary N) is 1. The fraction of sp³-hybridized carbons (Fsp3) is 0.294. The predicted octanol–water partition coefficient (Wildman–Crippen LogP) is 3.07. The van der Waals surface area contributed by atoms with Crippen LogP contribution in [0.3, 0.4) is 0 Å². The highest BCUT2D eigenvalue weighted by Gasteiger charge is 2.27. The van der Waals surface area contributed by atoms with Gasteiger partial charge in [0.05, 0.1) is 4.90 Å². The zero-order valence-electron chi connectivity index (χ0n) is 12.8. The van der Waals surface area contributed by atoms with Crippen molar-refractivity contribution in [2.24, 2.45) is 0 Å². The summed E-state index contributed by atoms with van der Waals surface area (Å²) in [6, 6.07) is 9.32. The third kappa shape index (κ3) is 3.09. The van der Waals surface area contributed by atoms with E-state index in [0.717, 1.165) is 24.0 Å². The molecule has 2 aromatic rings. The summed E-state index contributed by atoms with van der Waals surface area (Å²) in [7, 11) is -3.79. The van der Waals surface area contributed by atoms with Gasteiger partial charge >= 0.3 is 0 Å². The van der Waals surface area contributed by atoms with Gasteiger partial charge in [0, 0.05) is 17.3 Å². The largest absolute Gasteiger partial charge is 0.399 e. The Bertz CT molecular complexity index is 850. The summed E-state index contributed by atoms with van der Waals surface area (Å²) in [5, 5.41) is 0. The molecule has 6 heteroatoms. The smallest absolute Gasteiger partial charge is 0.241 e. The number of hydrogen-bond acceptors (Lipinski definition) is 3. The van der Waals surface area contributed by atoms with Crippen molar-refractivity contribution in [2.45, 2.75) is 37.1 Å². The first-order valence-electron chi connectivity index (χ1n) is 7.54. The van der Waals surface area contributed by atoms with E-state index in [9.17, 15) is 12.8 Å². The second-order valence-corrected chi connectivity index (χ2v) is 7.57. The van der Waals surface area contributed by atoms with Crippen molar-refractivity contribution < 1.29 is 12.8 Å². The third-order valence-corrected chi connectivity index (χ3v) is 5.90. The number of fused-ring (bicyclic) bond motifs is 1. The summed E-state index contributed by atoms with van der Waals surface area (Å²) in [6.45, 7) is 1.47. The first kappa shape index (κ1) is 16.0. The van der Waals surface area contributed by atoms with E-state index in [1.165, 1.54) is 25.1 Å². The molecular weight excluding hydrogens is 315 g/mol. The molecule has 0 aliphatic heterocycles. The van der Waals surface area contributed by atoms with Crippen molar-refractivity contribution in [2.75, 3.05) is 5.73 Å². The molecule has 0 radical (unpaired) electrons. The third-order valence-electron chi connectivity index (χ3n) is 4.29. The predicted molar refractivity (Wildman–Crippen MR) is 88.0 cm³/mol. The van der Waals surface area contributed by atoms with Crippen LogP contribution in [0.5, 0.6) is 0 Å². The standard InChI is InChI=1S/C17H19FN2O2S/c1-11-15(18)5-3-7-17(11)23(21,22)20-16-6-2-4-12-10-13(19)8-9-14(12)16/h3,5,7-10,16,20H,2,4,6,19H2,1H3. The van der Waals surface area contributed by atoms with Gasteiger partial charge in [0.1, 0.15) is 5.82 Å². The van der Waals surface area contributed by atoms with Gasteiger partial charge in [-0.15, -0.1) is 0 Å². The molecule has 0 aromatic heterocycles. The number of anilines is 1. The molecule has 0 bridgehead atoms. The lowest BCUT2D eigenvalue weighted by molar-refractivity contribution is 0.506. The van der Waals surface area contributed by atoms with E-state index in [2.05, 4.69) is 4.72 Å². The van der Waals surface area contributed by atoms with Crippen LogP contribution in [0.15, 0.2) is 41.3 Å². The van der Waals surface area contributed by atoms with E-state index in [4.69, 9.17) is 5.73 Å². The molecule has 4 nitrogen and oxygen atoms in total. The summed E-state index contributed by atoms with van der Waals surface area (Å²) in [5.74, 6) is -0.523. The van der Waals surface area contributed by atoms with Gasteiger partial charge in [-0.05, 0) is 61.6 Å². The normalized spacial score (nSPS) is 17.7. The molecule has 122 valence electrons. The Morgan fingerprint density at radius 2 is 2.04 bits per heavy atom. The van der Waals surface area contributed by atoms with Gasteiger partial charge < -0.3 is 5.73 Å². The van der Waals surface area contributed by atoms with Crippen molar-refractivity contribution >= 4 is 15.7 Å². The number of hydrogen-bond donors (Lipinski definition) is 2. The van der Waals surface area contributed by atoms with Gasteiger partial charge in [-0.1, -0.05) is 12.1 Å². The van der Waals surface area contributed by atoms with Crippen LogP contribution in [-0.4, -0.2) is 8.42 Å². The first-order valence-corrected chi connectivity index (χ1v) is 9.02. The van der Waals surface area contributed by atoms with Crippen LogP contribution in [0.4, 0.5) is 10.1 Å². The number of nitrogens with two attached hydrogens (primary N) is 1. The van der Waals surface area contributed by atoms with E-state index in [1.807, 2.05) is 12.1 Å². The fourth-order valence-corrected chi connectivity index (χ4v) is 4.59. The van der Waals surface area contributed by atoms with Crippen molar-refractivity contribution in [3.8, 4) is 0 Å². The van der Waals surface area contributed by atoms with Crippen LogP contribution in [0.1, 0.15) is 35.6 Å². The highest BCUT2D eigenvalue weighted by Crippen LogP contribution is 2.32. The van der Waals surface area contributed by atoms with E-state index >= 15 is 0 Å². The molecule has 3 N–H and O–H groups in total. The second kappa shape index (κ2) is 5.94. The molecule has 0 saturated heterocycles. The Balaban J connectivity index is 1.95. The van der Waals surface area contributed by atoms with Crippen LogP contribution in [0.2, 0.25) is 0 Å². The topological polar surface area (TPSA) is 72.2 Å². The van der Waals surface area contributed by atoms with Gasteiger partial charge in [-0.2, -0.15) is 0 Å². The minimum Gasteiger partial charge on any atom is -0.399 e. The number of aryl methyl sites for hydroxylation is 1. The second-order valence-electron chi connectivity index (χ2n) is 5.89. The van der Waals surface area contributed by atoms with Crippen LogP contribution in [0, 0.1) is 12.7 Å². The summed E-state index contributed by atoms with van der Waals surface area (Å²) >= 11 is 0. The zero-order valence-corrected chi connectivity index (χ0v) is 13.7. The van der Waals surface area contributed by atoms with Crippen molar-refractivity contribution in [3.05, 3.63) is 58.9 Å². The number of benzene rings is 2. The van der Waals surface area contributed by atoms with Gasteiger partial charge in [0.15, 0.2) is 0 Å². The SMILES string of the molecule is Cc1c(F)cccc1S(=O)(=O)NC1CCCc2cc(N)ccc21. The molecule has 0 heterocycles. The fourth-order valence-electron chi connectivity index (χ4n) is 3.09. The average molecular weight is 334 g/mol. The molecule has 0 spiro atoms. The molecule has 1 aliphatic rings. The van der Waals surface area contributed by atoms with Gasteiger partial charge in [0.25, 0.3) is 0 Å². The number of sulfonamides is 1. The Kier molecular flexibility index (Phi) is 4.12. The summed E-state index contributed by atoms with van der Waals surface area (Å²) in [6.07, 6.45) is 2.48. The average Bonchev–Trinajstić information content (AvgIpc) is 2.49. The minimum atomic E-state index is -3.79. The highest BCUT2D eigenvalue weighted by molar-refractivity contribution is 7.89. The number of halogens is 1. The molecule has 2 aromatic carbocycles. The van der Waals surface area contributed by atoms with Crippen molar-refractivity contribution in [1.29, 1.82) is 0 Å². The molecule has 1 unspecified atom stereocenters. The maximum absolute atomic E-state index is 13.7. The van der Waals surface area contributed by atoms with Gasteiger partial charge in [-0.3, -0.25) is 0 Å². The lowest BCUT2D eigenvalue weighted by Crippen LogP contribution is -2.31. The summed E-state index contributed by atoms with van der Waals surface area (Å²) < 4.78 is 41.7. The number of rotatable bonds is 3. The van der Waals surface area contributed by atoms with E-state index < -0.39 is 15.8 Å². The Hall–Kier alpha value is -1.92. The Labute approximate surface area is 135 Å². The molecule has 0 saturated carbocycles. The van der Waals surface area contributed by atoms with Crippen LogP contribution >= 0.6 is 0 Å². The molecule has 0 amide bonds. The van der Waals surface area contributed by atoms with Crippen molar-refractivity contribution in [3.63, 3.8) is 0 Å². The van der Waals surface area contributed by atoms with E-state index in [-0.39, 0.29) is 16.5 Å². The number of nitrogen functional groups attached to an aromatic ring is 1. The Morgan fingerprint density at radius 3 is 2.83 bits per heavy atom. The maximum atomic E-state index is 13.7. The first-order chi connectivity index (χ1) is 10.9. The summed E-state index contributed by atoms with van der Waals surface area (Å²) in [5.41, 5.74) is 8.63. The highest BCUT2D eigenvalue weighted by atomic mass is 32.2. The quantitative estimate of drug-likeness (QED) is 0.847. The molecule has 3 rings (SSSR count). The van der Waals surface area contributed by atoms with Crippen LogP contribution in [-0.2, 0) is 16.4 Å². The lowest BCUT2D eigenvalue weighted by Gasteiger charge is -2.26. The lowest BCUT2D eigenvalue weighted by atomic mass is 9.88. The molecule has 23 heavy (non-hydrogen) atoms. The van der Waals surface area contributed by atoms with E-state index in [0.29, 0.717) is 12.1 Å². The summed E-state index contributed by atoms with van der Waals surface area (Å²) in [4.78, 5) is -0.0138. The van der Waals surface area contributed by atoms with Gasteiger partial charge in [-0.25, -0.2) is 17.5 Å². The zero-order chi connectivity index (χ0) is 16.6. The molecule has 1 atom stereocenters. The van der Waals surface area contributed by atoms with E-state index in [1.54, 1.807) is 6.07 Å². The van der Waals surface area contributed by atoms with Crippen LogP contribution < -0.4 is 10.5 Å². The minimum absolute atomic E-state index is 0.0138. The van der Waals surface area contributed by atoms with Gasteiger partial charge in [0.2, 0.25) is 10.0 Å². The molecule has 0 fully saturated rings. The van der Waals surface area contributed by atoms with Crippen LogP contribution in [0.25, 0.3) is 0 Å². The molecular formula is C17H19FN2O2S.